The number of nitrogens with zero attached hydrogens (tertiary/aromatic N) is 4. The van der Waals surface area contributed by atoms with Crippen LogP contribution in [-0.2, 0) is 6.18 Å². The molecule has 1 fully saturated rings. The third-order valence-corrected chi connectivity index (χ3v) is 3.96. The van der Waals surface area contributed by atoms with Crippen LogP contribution in [0.25, 0.3) is 0 Å². The van der Waals surface area contributed by atoms with Gasteiger partial charge in [0, 0.05) is 18.8 Å². The van der Waals surface area contributed by atoms with E-state index in [0.29, 0.717) is 12.6 Å². The van der Waals surface area contributed by atoms with Crippen LogP contribution in [0.2, 0.25) is 0 Å². The van der Waals surface area contributed by atoms with Crippen LogP contribution in [0.5, 0.6) is 6.01 Å². The Labute approximate surface area is 149 Å². The van der Waals surface area contributed by atoms with E-state index >= 15 is 0 Å². The average molecular weight is 367 g/mol. The number of hydrogen-bond donors (Lipinski definition) is 1. The fourth-order valence-electron chi connectivity index (χ4n) is 2.73. The lowest BCUT2D eigenvalue weighted by Gasteiger charge is -2.26. The topological polar surface area (TPSA) is 63.2 Å². The van der Waals surface area contributed by atoms with Crippen molar-refractivity contribution in [2.24, 2.45) is 0 Å². The second-order valence-electron chi connectivity index (χ2n) is 5.93. The molecule has 1 saturated heterocycles. The number of nitrogens with one attached hydrogen (secondary N) is 1. The minimum Gasteiger partial charge on any atom is -0.464 e. The predicted molar refractivity (Wildman–Crippen MR) is 91.8 cm³/mol. The molecule has 9 heteroatoms. The summed E-state index contributed by atoms with van der Waals surface area (Å²) in [6.45, 7) is 3.86. The molecule has 0 amide bonds. The zero-order valence-corrected chi connectivity index (χ0v) is 14.4. The van der Waals surface area contributed by atoms with Gasteiger partial charge in [-0.15, -0.1) is 0 Å². The maximum absolute atomic E-state index is 12.9. The lowest BCUT2D eigenvalue weighted by atomic mass is 10.1. The highest BCUT2D eigenvalue weighted by atomic mass is 19.4. The van der Waals surface area contributed by atoms with Crippen LogP contribution in [0.4, 0.5) is 30.8 Å². The van der Waals surface area contributed by atoms with Gasteiger partial charge in [-0.1, -0.05) is 6.07 Å². The largest absolute Gasteiger partial charge is 0.464 e. The van der Waals surface area contributed by atoms with E-state index in [1.165, 1.54) is 12.1 Å². The quantitative estimate of drug-likeness (QED) is 0.861. The van der Waals surface area contributed by atoms with Crippen molar-refractivity contribution in [3.63, 3.8) is 0 Å². The molecule has 0 unspecified atom stereocenters. The minimum absolute atomic E-state index is 0.151. The first-order valence-electron chi connectivity index (χ1n) is 8.54. The highest BCUT2D eigenvalue weighted by Gasteiger charge is 2.30. The summed E-state index contributed by atoms with van der Waals surface area (Å²) in [4.78, 5) is 14.8. The van der Waals surface area contributed by atoms with E-state index in [4.69, 9.17) is 4.74 Å². The summed E-state index contributed by atoms with van der Waals surface area (Å²) in [7, 11) is 0. The Morgan fingerprint density at radius 1 is 1.12 bits per heavy atom. The molecule has 0 bridgehead atoms. The summed E-state index contributed by atoms with van der Waals surface area (Å²) >= 11 is 0. The SMILES string of the molecule is CCOc1nc(Nc2cccc(C(F)(F)F)c2)nc(N2CCCCC2)n1. The Hall–Kier alpha value is -2.58. The smallest absolute Gasteiger partial charge is 0.416 e. The van der Waals surface area contributed by atoms with E-state index in [9.17, 15) is 13.2 Å². The van der Waals surface area contributed by atoms with Gasteiger partial charge < -0.3 is 15.0 Å². The monoisotopic (exact) mass is 367 g/mol. The Kier molecular flexibility index (Phi) is 5.43. The summed E-state index contributed by atoms with van der Waals surface area (Å²) in [6.07, 6.45) is -1.15. The van der Waals surface area contributed by atoms with Gasteiger partial charge in [-0.25, -0.2) is 0 Å². The van der Waals surface area contributed by atoms with Gasteiger partial charge in [0.2, 0.25) is 11.9 Å². The van der Waals surface area contributed by atoms with E-state index < -0.39 is 11.7 Å². The van der Waals surface area contributed by atoms with Gasteiger partial charge in [-0.2, -0.15) is 28.1 Å². The molecule has 1 aromatic heterocycles. The zero-order chi connectivity index (χ0) is 18.6. The minimum atomic E-state index is -4.41. The third kappa shape index (κ3) is 4.53. The molecule has 3 rings (SSSR count). The summed E-state index contributed by atoms with van der Waals surface area (Å²) < 4.78 is 44.0. The second-order valence-corrected chi connectivity index (χ2v) is 5.93. The molecule has 26 heavy (non-hydrogen) atoms. The van der Waals surface area contributed by atoms with Gasteiger partial charge in [0.1, 0.15) is 0 Å². The molecule has 0 spiro atoms. The molecule has 0 atom stereocenters. The number of aromatic nitrogens is 3. The highest BCUT2D eigenvalue weighted by molar-refractivity contribution is 5.56. The molecular formula is C17H20F3N5O. The van der Waals surface area contributed by atoms with E-state index in [0.717, 1.165) is 44.5 Å². The fourth-order valence-corrected chi connectivity index (χ4v) is 2.73. The van der Waals surface area contributed by atoms with Gasteiger partial charge in [0.05, 0.1) is 12.2 Å². The standard InChI is InChI=1S/C17H20F3N5O/c1-2-26-16-23-14(22-15(24-16)25-9-4-3-5-10-25)21-13-8-6-7-12(11-13)17(18,19)20/h6-8,11H,2-5,9-10H2,1H3,(H,21,22,23,24). The number of halogens is 3. The average Bonchev–Trinajstić information content (AvgIpc) is 2.62. The van der Waals surface area contributed by atoms with Gasteiger partial charge in [-0.05, 0) is 44.4 Å². The number of hydrogen-bond acceptors (Lipinski definition) is 6. The number of piperidine rings is 1. The lowest BCUT2D eigenvalue weighted by Crippen LogP contribution is -2.31. The predicted octanol–water partition coefficient (Wildman–Crippen LogP) is 4.02. The highest BCUT2D eigenvalue weighted by Crippen LogP contribution is 2.31. The first kappa shape index (κ1) is 18.2. The molecule has 0 radical (unpaired) electrons. The molecule has 2 aromatic rings. The number of ether oxygens (including phenoxy) is 1. The Morgan fingerprint density at radius 2 is 1.88 bits per heavy atom. The Bertz CT molecular complexity index is 747. The third-order valence-electron chi connectivity index (χ3n) is 3.96. The van der Waals surface area contributed by atoms with Crippen LogP contribution in [0.1, 0.15) is 31.7 Å². The van der Waals surface area contributed by atoms with Crippen LogP contribution in [0, 0.1) is 0 Å². The van der Waals surface area contributed by atoms with Crippen molar-refractivity contribution < 1.29 is 17.9 Å². The first-order valence-corrected chi connectivity index (χ1v) is 8.54. The summed E-state index contributed by atoms with van der Waals surface area (Å²) in [6, 6.07) is 5.05. The van der Waals surface area contributed by atoms with E-state index in [1.54, 1.807) is 0 Å². The van der Waals surface area contributed by atoms with Crippen molar-refractivity contribution in [3.8, 4) is 6.01 Å². The van der Waals surface area contributed by atoms with Crippen molar-refractivity contribution in [3.05, 3.63) is 29.8 Å². The molecule has 1 aliphatic heterocycles. The van der Waals surface area contributed by atoms with Gasteiger partial charge >= 0.3 is 12.2 Å². The number of benzene rings is 1. The zero-order valence-electron chi connectivity index (χ0n) is 14.4. The molecule has 1 aromatic carbocycles. The van der Waals surface area contributed by atoms with Crippen molar-refractivity contribution in [1.82, 2.24) is 15.0 Å². The first-order chi connectivity index (χ1) is 12.5. The molecule has 1 aliphatic rings. The van der Waals surface area contributed by atoms with Gasteiger partial charge in [0.15, 0.2) is 0 Å². The van der Waals surface area contributed by atoms with Gasteiger partial charge in [0.25, 0.3) is 0 Å². The fraction of sp³-hybridized carbons (Fsp3) is 0.471. The molecule has 0 aliphatic carbocycles. The van der Waals surface area contributed by atoms with Crippen LogP contribution in [0.15, 0.2) is 24.3 Å². The number of anilines is 3. The van der Waals surface area contributed by atoms with Crippen molar-refractivity contribution in [2.45, 2.75) is 32.4 Å². The van der Waals surface area contributed by atoms with E-state index in [-0.39, 0.29) is 17.6 Å². The van der Waals surface area contributed by atoms with Crippen molar-refractivity contribution in [1.29, 1.82) is 0 Å². The summed E-state index contributed by atoms with van der Waals surface area (Å²) in [5, 5.41) is 2.83. The Balaban J connectivity index is 1.87. The van der Waals surface area contributed by atoms with E-state index in [1.807, 2.05) is 11.8 Å². The molecule has 140 valence electrons. The summed E-state index contributed by atoms with van der Waals surface area (Å²) in [5.41, 5.74) is -0.490. The van der Waals surface area contributed by atoms with E-state index in [2.05, 4.69) is 20.3 Å². The molecule has 0 saturated carbocycles. The second kappa shape index (κ2) is 7.76. The number of alkyl halides is 3. The van der Waals surface area contributed by atoms with Crippen LogP contribution < -0.4 is 15.0 Å². The van der Waals surface area contributed by atoms with Crippen molar-refractivity contribution >= 4 is 17.6 Å². The maximum atomic E-state index is 12.9. The maximum Gasteiger partial charge on any atom is 0.416 e. The molecule has 2 heterocycles. The van der Waals surface area contributed by atoms with Gasteiger partial charge in [-0.3, -0.25) is 0 Å². The van der Waals surface area contributed by atoms with Crippen LogP contribution in [0.3, 0.4) is 0 Å². The van der Waals surface area contributed by atoms with Crippen molar-refractivity contribution in [2.75, 3.05) is 29.9 Å². The van der Waals surface area contributed by atoms with Crippen LogP contribution >= 0.6 is 0 Å². The number of rotatable bonds is 5. The summed E-state index contributed by atoms with van der Waals surface area (Å²) in [5.74, 6) is 0.626. The molecule has 1 N–H and O–H groups in total. The Morgan fingerprint density at radius 3 is 2.58 bits per heavy atom. The molecule has 6 nitrogen and oxygen atoms in total. The lowest BCUT2D eigenvalue weighted by molar-refractivity contribution is -0.137. The molecular weight excluding hydrogens is 347 g/mol. The van der Waals surface area contributed by atoms with Crippen LogP contribution in [-0.4, -0.2) is 34.6 Å². The normalized spacial score (nSPS) is 15.0.